The van der Waals surface area contributed by atoms with Crippen LogP contribution in [-0.2, 0) is 0 Å². The summed E-state index contributed by atoms with van der Waals surface area (Å²) in [5.74, 6) is 0. The van der Waals surface area contributed by atoms with Gasteiger partial charge in [-0.3, -0.25) is 0 Å². The van der Waals surface area contributed by atoms with Crippen LogP contribution in [-0.4, -0.2) is 17.2 Å². The third-order valence-electron chi connectivity index (χ3n) is 1.59. The minimum absolute atomic E-state index is 0.517. The molecule has 1 rings (SSSR count). The van der Waals surface area contributed by atoms with Crippen molar-refractivity contribution in [2.75, 3.05) is 0 Å². The lowest BCUT2D eigenvalue weighted by Gasteiger charge is -1.98. The zero-order valence-corrected chi connectivity index (χ0v) is 6.94. The highest BCUT2D eigenvalue weighted by Crippen LogP contribution is 1.99. The fraction of sp³-hybridized carbons (Fsp3) is 0.111. The molecule has 0 fully saturated rings. The van der Waals surface area contributed by atoms with Crippen LogP contribution in [0.2, 0.25) is 0 Å². The fourth-order valence-electron chi connectivity index (χ4n) is 0.972. The van der Waals surface area contributed by atoms with Gasteiger partial charge in [-0.05, 0) is 17.9 Å². The molecule has 0 bridgehead atoms. The second kappa shape index (κ2) is 4.09. The van der Waals surface area contributed by atoms with E-state index < -0.39 is 7.12 Å². The monoisotopic (exact) mass is 162 g/mol. The van der Waals surface area contributed by atoms with Gasteiger partial charge in [0.15, 0.2) is 0 Å². The molecule has 0 amide bonds. The van der Waals surface area contributed by atoms with E-state index in [1.807, 2.05) is 31.2 Å². The van der Waals surface area contributed by atoms with Gasteiger partial charge in [0.05, 0.1) is 0 Å². The standard InChI is InChI=1S/C9H11BO2/c1-2-3-8-4-6-9(7-5-8)10(11)12/h2-7,11-12H,1H3. The van der Waals surface area contributed by atoms with E-state index in [9.17, 15) is 0 Å². The Labute approximate surface area is 72.3 Å². The van der Waals surface area contributed by atoms with Crippen molar-refractivity contribution < 1.29 is 10.0 Å². The van der Waals surface area contributed by atoms with Crippen molar-refractivity contribution in [2.45, 2.75) is 6.92 Å². The van der Waals surface area contributed by atoms with Crippen LogP contribution in [0.1, 0.15) is 12.5 Å². The maximum absolute atomic E-state index is 8.78. The summed E-state index contributed by atoms with van der Waals surface area (Å²) in [7, 11) is -1.37. The van der Waals surface area contributed by atoms with Crippen molar-refractivity contribution in [1.29, 1.82) is 0 Å². The summed E-state index contributed by atoms with van der Waals surface area (Å²) in [6, 6.07) is 7.07. The van der Waals surface area contributed by atoms with E-state index in [0.717, 1.165) is 5.56 Å². The Morgan fingerprint density at radius 2 is 1.75 bits per heavy atom. The molecule has 12 heavy (non-hydrogen) atoms. The van der Waals surface area contributed by atoms with Gasteiger partial charge in [-0.15, -0.1) is 0 Å². The molecule has 0 radical (unpaired) electrons. The van der Waals surface area contributed by atoms with Crippen molar-refractivity contribution in [2.24, 2.45) is 0 Å². The Hall–Kier alpha value is -1.06. The molecule has 2 N–H and O–H groups in total. The molecule has 0 heterocycles. The lowest BCUT2D eigenvalue weighted by Crippen LogP contribution is -2.29. The summed E-state index contributed by atoms with van der Waals surface area (Å²) >= 11 is 0. The molecule has 62 valence electrons. The van der Waals surface area contributed by atoms with Gasteiger partial charge in [-0.1, -0.05) is 36.4 Å². The molecule has 1 aromatic carbocycles. The second-order valence-corrected chi connectivity index (χ2v) is 2.54. The van der Waals surface area contributed by atoms with Crippen molar-refractivity contribution in [3.8, 4) is 0 Å². The Morgan fingerprint density at radius 3 is 2.17 bits per heavy atom. The van der Waals surface area contributed by atoms with Gasteiger partial charge in [-0.25, -0.2) is 0 Å². The van der Waals surface area contributed by atoms with Crippen LogP contribution >= 0.6 is 0 Å². The largest absolute Gasteiger partial charge is 0.488 e. The second-order valence-electron chi connectivity index (χ2n) is 2.54. The first-order valence-electron chi connectivity index (χ1n) is 3.83. The maximum Gasteiger partial charge on any atom is 0.488 e. The first-order valence-corrected chi connectivity index (χ1v) is 3.83. The maximum atomic E-state index is 8.78. The van der Waals surface area contributed by atoms with Gasteiger partial charge < -0.3 is 10.0 Å². The normalized spacial score (nSPS) is 10.6. The lowest BCUT2D eigenvalue weighted by molar-refractivity contribution is 0.426. The zero-order chi connectivity index (χ0) is 8.97. The highest BCUT2D eigenvalue weighted by atomic mass is 16.4. The molecule has 0 aliphatic rings. The van der Waals surface area contributed by atoms with Gasteiger partial charge in [0, 0.05) is 0 Å². The third-order valence-corrected chi connectivity index (χ3v) is 1.59. The van der Waals surface area contributed by atoms with Gasteiger partial charge in [0.2, 0.25) is 0 Å². The zero-order valence-electron chi connectivity index (χ0n) is 6.94. The first kappa shape index (κ1) is 9.04. The van der Waals surface area contributed by atoms with E-state index in [-0.39, 0.29) is 0 Å². The highest BCUT2D eigenvalue weighted by Gasteiger charge is 2.08. The summed E-state index contributed by atoms with van der Waals surface area (Å²) < 4.78 is 0. The Bertz CT molecular complexity index is 264. The van der Waals surface area contributed by atoms with Gasteiger partial charge in [0.1, 0.15) is 0 Å². The average molecular weight is 162 g/mol. The van der Waals surface area contributed by atoms with E-state index in [2.05, 4.69) is 0 Å². The summed E-state index contributed by atoms with van der Waals surface area (Å²) in [6.45, 7) is 1.94. The third kappa shape index (κ3) is 2.22. The van der Waals surface area contributed by atoms with Gasteiger partial charge >= 0.3 is 7.12 Å². The van der Waals surface area contributed by atoms with Crippen molar-refractivity contribution in [3.05, 3.63) is 35.9 Å². The number of hydrogen-bond acceptors (Lipinski definition) is 2. The van der Waals surface area contributed by atoms with E-state index in [1.54, 1.807) is 12.1 Å². The molecule has 0 aromatic heterocycles. The highest BCUT2D eigenvalue weighted by molar-refractivity contribution is 6.58. The van der Waals surface area contributed by atoms with E-state index in [4.69, 9.17) is 10.0 Å². The summed E-state index contributed by atoms with van der Waals surface area (Å²) in [5.41, 5.74) is 1.57. The molecule has 0 saturated heterocycles. The summed E-state index contributed by atoms with van der Waals surface area (Å²) in [5, 5.41) is 17.6. The summed E-state index contributed by atoms with van der Waals surface area (Å²) in [4.78, 5) is 0. The Kier molecular flexibility index (Phi) is 3.08. The van der Waals surface area contributed by atoms with Crippen LogP contribution < -0.4 is 5.46 Å². The molecule has 0 atom stereocenters. The molecule has 2 nitrogen and oxygen atoms in total. The van der Waals surface area contributed by atoms with Crippen LogP contribution in [0.15, 0.2) is 30.3 Å². The number of benzene rings is 1. The lowest BCUT2D eigenvalue weighted by atomic mass is 9.80. The average Bonchev–Trinajstić information content (AvgIpc) is 2.06. The van der Waals surface area contributed by atoms with Gasteiger partial charge in [0.25, 0.3) is 0 Å². The Morgan fingerprint density at radius 1 is 1.17 bits per heavy atom. The molecule has 0 unspecified atom stereocenters. The smallest absolute Gasteiger partial charge is 0.423 e. The van der Waals surface area contributed by atoms with E-state index >= 15 is 0 Å². The molecular weight excluding hydrogens is 151 g/mol. The van der Waals surface area contributed by atoms with Crippen LogP contribution in [0.3, 0.4) is 0 Å². The number of rotatable bonds is 2. The van der Waals surface area contributed by atoms with Crippen LogP contribution in [0, 0.1) is 0 Å². The number of hydrogen-bond donors (Lipinski definition) is 2. The predicted octanol–water partition coefficient (Wildman–Crippen LogP) is 0.400. The minimum atomic E-state index is -1.37. The van der Waals surface area contributed by atoms with E-state index in [1.165, 1.54) is 0 Å². The van der Waals surface area contributed by atoms with Crippen LogP contribution in [0.25, 0.3) is 6.08 Å². The fourth-order valence-corrected chi connectivity index (χ4v) is 0.972. The molecule has 0 aliphatic carbocycles. The first-order chi connectivity index (χ1) is 5.74. The minimum Gasteiger partial charge on any atom is -0.423 e. The van der Waals surface area contributed by atoms with Crippen molar-refractivity contribution >= 4 is 18.7 Å². The SMILES string of the molecule is CC=Cc1ccc(B(O)O)cc1. The molecule has 1 aromatic rings. The van der Waals surface area contributed by atoms with Crippen LogP contribution in [0.4, 0.5) is 0 Å². The molecular formula is C9H11BO2. The number of allylic oxidation sites excluding steroid dienone is 1. The predicted molar refractivity (Wildman–Crippen MR) is 51.0 cm³/mol. The topological polar surface area (TPSA) is 40.5 Å². The molecule has 0 spiro atoms. The van der Waals surface area contributed by atoms with Crippen LogP contribution in [0.5, 0.6) is 0 Å². The molecule has 0 saturated carbocycles. The van der Waals surface area contributed by atoms with Crippen molar-refractivity contribution in [3.63, 3.8) is 0 Å². The quantitative estimate of drug-likeness (QED) is 0.618. The Balaban J connectivity index is 2.85. The van der Waals surface area contributed by atoms with Crippen molar-refractivity contribution in [1.82, 2.24) is 0 Å². The van der Waals surface area contributed by atoms with Gasteiger partial charge in [-0.2, -0.15) is 0 Å². The summed E-state index contributed by atoms with van der Waals surface area (Å²) in [6.07, 6.45) is 3.89. The molecule has 3 heteroatoms. The molecule has 0 aliphatic heterocycles. The van der Waals surface area contributed by atoms with E-state index in [0.29, 0.717) is 5.46 Å².